The molecule has 5 rings (SSSR count). The van der Waals surface area contributed by atoms with E-state index in [-0.39, 0.29) is 56.5 Å². The Morgan fingerprint density at radius 1 is 1.09 bits per heavy atom. The summed E-state index contributed by atoms with van der Waals surface area (Å²) in [5.74, 6) is 0.0760. The summed E-state index contributed by atoms with van der Waals surface area (Å²) in [6, 6.07) is 10.00. The van der Waals surface area contributed by atoms with Gasteiger partial charge in [-0.15, -0.1) is 18.2 Å². The number of nitrogens with zero attached hydrogens (tertiary/aromatic N) is 2. The number of oxime groups is 1. The summed E-state index contributed by atoms with van der Waals surface area (Å²) < 4.78 is 31.3. The lowest BCUT2D eigenvalue weighted by Crippen LogP contribution is -2.69. The third-order valence-electron chi connectivity index (χ3n) is 10.7. The van der Waals surface area contributed by atoms with Gasteiger partial charge in [0.25, 0.3) is 0 Å². The van der Waals surface area contributed by atoms with E-state index in [0.29, 0.717) is 47.1 Å². The standard InChI is InChI=1S/C43H57ClN2O10/c1-7-21-53-43-38(46(5)41(50)52-22-18-44)26-35(45-56-42(2,3)4)33-24-28(12-8-10-19-47)32(13-9-11-20-48)39(40(33)43)34-25-31(15-17-37(34)55-43)54-30-14-16-36(51-6)29(23-30)27-49/h7,14-17,23-25,27-28,32,38-40,47-48H,1,8-13,18-22,26H2,2-6H3. The number of halogens is 1. The van der Waals surface area contributed by atoms with Crippen molar-refractivity contribution in [2.45, 2.75) is 89.1 Å². The molecule has 1 heterocycles. The predicted octanol–water partition coefficient (Wildman–Crippen LogP) is 8.04. The van der Waals surface area contributed by atoms with Crippen LogP contribution in [0.5, 0.6) is 23.0 Å². The number of amides is 1. The number of unbranched alkanes of at least 4 members (excludes halogenated alkanes) is 2. The van der Waals surface area contributed by atoms with Gasteiger partial charge in [-0.3, -0.25) is 4.79 Å². The molecule has 2 N–H and O–H groups in total. The Morgan fingerprint density at radius 3 is 2.46 bits per heavy atom. The first-order chi connectivity index (χ1) is 26.9. The molecule has 1 fully saturated rings. The molecule has 1 saturated carbocycles. The number of likely N-dealkylation sites (N-methyl/N-ethyl adjacent to an activating group) is 1. The van der Waals surface area contributed by atoms with Crippen LogP contribution in [0.4, 0.5) is 4.79 Å². The van der Waals surface area contributed by atoms with Gasteiger partial charge in [-0.25, -0.2) is 4.79 Å². The highest BCUT2D eigenvalue weighted by Crippen LogP contribution is 2.62. The van der Waals surface area contributed by atoms with E-state index < -0.39 is 29.4 Å². The predicted molar refractivity (Wildman–Crippen MR) is 214 cm³/mol. The maximum absolute atomic E-state index is 13.7. The van der Waals surface area contributed by atoms with Crippen molar-refractivity contribution in [2.75, 3.05) is 46.5 Å². The topological polar surface area (TPSA) is 146 Å². The summed E-state index contributed by atoms with van der Waals surface area (Å²) in [5, 5.41) is 24.5. The van der Waals surface area contributed by atoms with Crippen LogP contribution >= 0.6 is 11.6 Å². The van der Waals surface area contributed by atoms with Crippen molar-refractivity contribution in [3.8, 4) is 23.0 Å². The van der Waals surface area contributed by atoms with Crippen LogP contribution in [-0.2, 0) is 14.3 Å². The zero-order valence-electron chi connectivity index (χ0n) is 33.2. The quantitative estimate of drug-likeness (QED) is 0.0471. The zero-order valence-corrected chi connectivity index (χ0v) is 34.0. The fourth-order valence-corrected chi connectivity index (χ4v) is 8.42. The van der Waals surface area contributed by atoms with E-state index >= 15 is 0 Å². The van der Waals surface area contributed by atoms with Crippen molar-refractivity contribution in [3.63, 3.8) is 0 Å². The molecule has 3 aliphatic rings. The van der Waals surface area contributed by atoms with Crippen LogP contribution in [0.1, 0.15) is 87.6 Å². The van der Waals surface area contributed by atoms with Crippen molar-refractivity contribution < 1.29 is 48.3 Å². The molecule has 56 heavy (non-hydrogen) atoms. The summed E-state index contributed by atoms with van der Waals surface area (Å²) in [4.78, 5) is 33.2. The SMILES string of the molecule is C=CCOC12Oc3ccc(Oc4ccc(OC)c(C=O)c4)cc3C3C(CCCCO)C(CCCCO)C=C(C(=NOC(C)(C)C)CC1N(C)C(=O)OCCCl)C32. The number of allylic oxidation sites excluding steroid dienone is 1. The second kappa shape index (κ2) is 19.4. The number of hydrogen-bond acceptors (Lipinski definition) is 11. The molecule has 0 saturated heterocycles. The molecule has 1 aliphatic heterocycles. The number of benzene rings is 2. The number of aliphatic hydroxyl groups is 2. The van der Waals surface area contributed by atoms with Crippen LogP contribution in [-0.4, -0.2) is 97.1 Å². The van der Waals surface area contributed by atoms with Gasteiger partial charge in [0.15, 0.2) is 6.29 Å². The number of carbonyl (C=O) groups is 2. The number of hydrogen-bond donors (Lipinski definition) is 2. The van der Waals surface area contributed by atoms with E-state index in [4.69, 9.17) is 45.3 Å². The Labute approximate surface area is 335 Å². The van der Waals surface area contributed by atoms with Gasteiger partial charge in [0, 0.05) is 38.2 Å². The molecule has 0 spiro atoms. The number of rotatable bonds is 19. The molecule has 12 nitrogen and oxygen atoms in total. The fraction of sp³-hybridized carbons (Fsp3) is 0.558. The molecule has 6 unspecified atom stereocenters. The summed E-state index contributed by atoms with van der Waals surface area (Å²) in [7, 11) is 3.18. The van der Waals surface area contributed by atoms with E-state index in [1.54, 1.807) is 31.3 Å². The fourth-order valence-electron chi connectivity index (χ4n) is 8.34. The Balaban J connectivity index is 1.76. The van der Waals surface area contributed by atoms with E-state index in [1.807, 2.05) is 39.0 Å². The molecular formula is C43H57ClN2O10. The summed E-state index contributed by atoms with van der Waals surface area (Å²) in [6.07, 6.45) is 8.81. The summed E-state index contributed by atoms with van der Waals surface area (Å²) >= 11 is 5.93. The van der Waals surface area contributed by atoms with Gasteiger partial charge in [-0.05, 0) is 100 Å². The highest BCUT2D eigenvalue weighted by molar-refractivity contribution is 6.18. The van der Waals surface area contributed by atoms with Gasteiger partial charge in [-0.2, -0.15) is 0 Å². The van der Waals surface area contributed by atoms with Crippen molar-refractivity contribution in [2.24, 2.45) is 22.9 Å². The molecule has 2 aliphatic carbocycles. The molecule has 2 aromatic rings. The number of carbonyl (C=O) groups excluding carboxylic acids is 2. The third-order valence-corrected chi connectivity index (χ3v) is 10.9. The van der Waals surface area contributed by atoms with E-state index in [9.17, 15) is 19.8 Å². The molecule has 0 radical (unpaired) electrons. The number of ether oxygens (including phenoxy) is 5. The van der Waals surface area contributed by atoms with Gasteiger partial charge in [0.2, 0.25) is 5.79 Å². The van der Waals surface area contributed by atoms with Crippen molar-refractivity contribution in [1.82, 2.24) is 4.90 Å². The lowest BCUT2D eigenvalue weighted by atomic mass is 9.55. The minimum absolute atomic E-state index is 0.0262. The number of aldehydes is 1. The largest absolute Gasteiger partial charge is 0.496 e. The smallest absolute Gasteiger partial charge is 0.410 e. The first-order valence-electron chi connectivity index (χ1n) is 19.5. The molecule has 2 aromatic carbocycles. The van der Waals surface area contributed by atoms with Gasteiger partial charge in [0.1, 0.15) is 41.2 Å². The van der Waals surface area contributed by atoms with Crippen LogP contribution in [0.3, 0.4) is 0 Å². The first-order valence-corrected chi connectivity index (χ1v) is 20.0. The number of aliphatic hydroxyl groups excluding tert-OH is 2. The molecule has 306 valence electrons. The number of fused-ring (bicyclic) bond motifs is 2. The van der Waals surface area contributed by atoms with Crippen molar-refractivity contribution in [1.29, 1.82) is 0 Å². The van der Waals surface area contributed by atoms with E-state index in [0.717, 1.165) is 43.1 Å². The second-order valence-electron chi connectivity index (χ2n) is 15.5. The van der Waals surface area contributed by atoms with Crippen LogP contribution < -0.4 is 14.2 Å². The van der Waals surface area contributed by atoms with E-state index in [1.165, 1.54) is 12.0 Å². The Morgan fingerprint density at radius 2 is 1.80 bits per heavy atom. The maximum atomic E-state index is 13.7. The lowest BCUT2D eigenvalue weighted by molar-refractivity contribution is -0.253. The maximum Gasteiger partial charge on any atom is 0.410 e. The van der Waals surface area contributed by atoms with Crippen molar-refractivity contribution in [3.05, 3.63) is 71.8 Å². The average Bonchev–Trinajstić information content (AvgIpc) is 3.19. The Hall–Kier alpha value is -4.10. The Kier molecular flexibility index (Phi) is 14.9. The van der Waals surface area contributed by atoms with Gasteiger partial charge >= 0.3 is 6.09 Å². The minimum atomic E-state index is -1.42. The second-order valence-corrected chi connectivity index (χ2v) is 15.9. The van der Waals surface area contributed by atoms with E-state index in [2.05, 4.69) is 12.7 Å². The van der Waals surface area contributed by atoms with Gasteiger partial charge < -0.3 is 43.6 Å². The molecule has 1 amide bonds. The zero-order chi connectivity index (χ0) is 40.5. The van der Waals surface area contributed by atoms with Crippen LogP contribution in [0, 0.1) is 17.8 Å². The number of methoxy groups -OCH3 is 1. The summed E-state index contributed by atoms with van der Waals surface area (Å²) in [5.41, 5.74) is 2.24. The molecule has 0 bridgehead atoms. The average molecular weight is 797 g/mol. The monoisotopic (exact) mass is 796 g/mol. The molecule has 6 atom stereocenters. The molecule has 13 heteroatoms. The minimum Gasteiger partial charge on any atom is -0.496 e. The van der Waals surface area contributed by atoms with Crippen LogP contribution in [0.2, 0.25) is 0 Å². The van der Waals surface area contributed by atoms with Crippen molar-refractivity contribution >= 4 is 29.7 Å². The summed E-state index contributed by atoms with van der Waals surface area (Å²) in [6.45, 7) is 10.1. The van der Waals surface area contributed by atoms with Crippen LogP contribution in [0.25, 0.3) is 0 Å². The van der Waals surface area contributed by atoms with Gasteiger partial charge in [0.05, 0.1) is 36.8 Å². The Bertz CT molecular complexity index is 1740. The first kappa shape index (κ1) is 43.0. The third kappa shape index (κ3) is 9.53. The normalized spacial score (nSPS) is 24.5. The highest BCUT2D eigenvalue weighted by Gasteiger charge is 2.65. The van der Waals surface area contributed by atoms with Gasteiger partial charge in [-0.1, -0.05) is 30.1 Å². The molecule has 0 aromatic heterocycles. The lowest BCUT2D eigenvalue weighted by Gasteiger charge is -2.59. The van der Waals surface area contributed by atoms with Crippen LogP contribution in [0.15, 0.2) is 65.9 Å². The highest BCUT2D eigenvalue weighted by atomic mass is 35.5. The number of alkyl halides is 1. The molecular weight excluding hydrogens is 740 g/mol.